The smallest absolute Gasteiger partial charge is 0.0862 e. The second-order valence-electron chi connectivity index (χ2n) is 6.28. The van der Waals surface area contributed by atoms with Crippen molar-refractivity contribution in [2.45, 2.75) is 52.4 Å². The minimum atomic E-state index is 0.600. The Labute approximate surface area is 146 Å². The van der Waals surface area contributed by atoms with Crippen LogP contribution in [0.5, 0.6) is 0 Å². The fraction of sp³-hybridized carbons (Fsp3) is 0.455. The second-order valence-corrected chi connectivity index (χ2v) is 6.28. The van der Waals surface area contributed by atoms with Crippen LogP contribution in [0.25, 0.3) is 0 Å². The van der Waals surface area contributed by atoms with Crippen molar-refractivity contribution in [3.05, 3.63) is 70.8 Å². The molecule has 2 nitrogen and oxygen atoms in total. The molecule has 2 rings (SSSR count). The van der Waals surface area contributed by atoms with Crippen molar-refractivity contribution < 1.29 is 9.78 Å². The molecular formula is C22H30O2. The van der Waals surface area contributed by atoms with Crippen LogP contribution in [0.1, 0.15) is 48.9 Å². The quantitative estimate of drug-likeness (QED) is 0.316. The molecule has 0 saturated carbocycles. The largest absolute Gasteiger partial charge is 0.236 e. The van der Waals surface area contributed by atoms with Crippen LogP contribution in [-0.2, 0) is 35.5 Å². The van der Waals surface area contributed by atoms with E-state index in [0.29, 0.717) is 13.2 Å². The van der Waals surface area contributed by atoms with Gasteiger partial charge in [0.2, 0.25) is 0 Å². The van der Waals surface area contributed by atoms with E-state index in [0.717, 1.165) is 25.7 Å². The molecule has 0 heterocycles. The monoisotopic (exact) mass is 326 g/mol. The minimum absolute atomic E-state index is 0.600. The summed E-state index contributed by atoms with van der Waals surface area (Å²) in [6, 6.07) is 17.6. The fourth-order valence-electron chi connectivity index (χ4n) is 2.76. The number of hydrogen-bond acceptors (Lipinski definition) is 2. The van der Waals surface area contributed by atoms with Gasteiger partial charge in [-0.2, -0.15) is 0 Å². The van der Waals surface area contributed by atoms with Crippen molar-refractivity contribution in [1.82, 2.24) is 0 Å². The second kappa shape index (κ2) is 11.0. The van der Waals surface area contributed by atoms with Crippen LogP contribution in [0, 0.1) is 0 Å². The first kappa shape index (κ1) is 18.7. The fourth-order valence-corrected chi connectivity index (χ4v) is 2.76. The summed E-state index contributed by atoms with van der Waals surface area (Å²) in [5.74, 6) is 0. The lowest BCUT2D eigenvalue weighted by Crippen LogP contribution is -2.03. The Morgan fingerprint density at radius 1 is 0.500 bits per heavy atom. The van der Waals surface area contributed by atoms with Crippen molar-refractivity contribution >= 4 is 0 Å². The van der Waals surface area contributed by atoms with E-state index in [2.05, 4.69) is 62.4 Å². The van der Waals surface area contributed by atoms with Crippen molar-refractivity contribution in [1.29, 1.82) is 0 Å². The number of aryl methyl sites for hydroxylation is 2. The summed E-state index contributed by atoms with van der Waals surface area (Å²) in [7, 11) is 0. The third kappa shape index (κ3) is 6.86. The van der Waals surface area contributed by atoms with Gasteiger partial charge in [0, 0.05) is 0 Å². The molecule has 0 fully saturated rings. The first-order valence-corrected chi connectivity index (χ1v) is 9.22. The molecule has 0 aliphatic rings. The van der Waals surface area contributed by atoms with Crippen LogP contribution >= 0.6 is 0 Å². The molecule has 0 N–H and O–H groups in total. The molecule has 2 aromatic carbocycles. The van der Waals surface area contributed by atoms with Gasteiger partial charge < -0.3 is 0 Å². The Bertz CT molecular complexity index is 504. The highest BCUT2D eigenvalue weighted by Gasteiger charge is 1.98. The molecule has 2 heteroatoms. The summed E-state index contributed by atoms with van der Waals surface area (Å²) in [5, 5.41) is 0. The van der Waals surface area contributed by atoms with Crippen molar-refractivity contribution in [2.75, 3.05) is 13.2 Å². The molecule has 24 heavy (non-hydrogen) atoms. The van der Waals surface area contributed by atoms with Crippen LogP contribution in [0.3, 0.4) is 0 Å². The standard InChI is InChI=1S/C22H30O2/c1-3-5-19-7-11-21(12-8-19)15-17-23-24-18-16-22-13-9-20(6-4-2)10-14-22/h7-14H,3-6,15-18H2,1-2H3. The van der Waals surface area contributed by atoms with Crippen molar-refractivity contribution in [2.24, 2.45) is 0 Å². The van der Waals surface area contributed by atoms with E-state index in [1.165, 1.54) is 35.1 Å². The highest BCUT2D eigenvalue weighted by atomic mass is 17.2. The zero-order valence-corrected chi connectivity index (χ0v) is 15.1. The highest BCUT2D eigenvalue weighted by Crippen LogP contribution is 2.09. The molecule has 130 valence electrons. The van der Waals surface area contributed by atoms with E-state index >= 15 is 0 Å². The molecule has 0 atom stereocenters. The van der Waals surface area contributed by atoms with Crippen LogP contribution < -0.4 is 0 Å². The van der Waals surface area contributed by atoms with E-state index in [9.17, 15) is 0 Å². The van der Waals surface area contributed by atoms with E-state index in [4.69, 9.17) is 9.78 Å². The lowest BCUT2D eigenvalue weighted by molar-refractivity contribution is -0.293. The molecule has 0 aliphatic carbocycles. The number of benzene rings is 2. The van der Waals surface area contributed by atoms with Crippen LogP contribution in [-0.4, -0.2) is 13.2 Å². The Morgan fingerprint density at radius 3 is 1.08 bits per heavy atom. The maximum atomic E-state index is 5.30. The third-order valence-electron chi connectivity index (χ3n) is 4.15. The molecule has 0 saturated heterocycles. The third-order valence-corrected chi connectivity index (χ3v) is 4.15. The SMILES string of the molecule is CCCc1ccc(CCOOCCc2ccc(CCC)cc2)cc1. The maximum Gasteiger partial charge on any atom is 0.0862 e. The topological polar surface area (TPSA) is 18.5 Å². The maximum absolute atomic E-state index is 5.30. The molecule has 0 aromatic heterocycles. The number of rotatable bonds is 11. The minimum Gasteiger partial charge on any atom is -0.236 e. The molecule has 0 amide bonds. The van der Waals surface area contributed by atoms with Crippen LogP contribution in [0.15, 0.2) is 48.5 Å². The normalized spacial score (nSPS) is 10.9. The number of hydrogen-bond donors (Lipinski definition) is 0. The average molecular weight is 326 g/mol. The van der Waals surface area contributed by atoms with Gasteiger partial charge in [0.05, 0.1) is 13.2 Å². The Hall–Kier alpha value is -1.64. The van der Waals surface area contributed by atoms with Crippen LogP contribution in [0.2, 0.25) is 0 Å². The van der Waals surface area contributed by atoms with Gasteiger partial charge in [0.15, 0.2) is 0 Å². The first-order chi connectivity index (χ1) is 11.8. The van der Waals surface area contributed by atoms with Gasteiger partial charge in [0.1, 0.15) is 0 Å². The van der Waals surface area contributed by atoms with E-state index in [-0.39, 0.29) is 0 Å². The van der Waals surface area contributed by atoms with Gasteiger partial charge in [-0.25, -0.2) is 9.78 Å². The summed E-state index contributed by atoms with van der Waals surface area (Å²) < 4.78 is 0. The summed E-state index contributed by atoms with van der Waals surface area (Å²) in [5.41, 5.74) is 5.40. The lowest BCUT2D eigenvalue weighted by atomic mass is 10.1. The van der Waals surface area contributed by atoms with Crippen molar-refractivity contribution in [3.8, 4) is 0 Å². The van der Waals surface area contributed by atoms with Gasteiger partial charge in [-0.1, -0.05) is 75.2 Å². The zero-order valence-electron chi connectivity index (χ0n) is 15.1. The average Bonchev–Trinajstić information content (AvgIpc) is 2.61. The van der Waals surface area contributed by atoms with E-state index in [1.54, 1.807) is 0 Å². The summed E-state index contributed by atoms with van der Waals surface area (Å²) in [6.07, 6.45) is 6.46. The van der Waals surface area contributed by atoms with E-state index in [1.807, 2.05) is 0 Å². The predicted octanol–water partition coefficient (Wildman–Crippen LogP) is 5.33. The lowest BCUT2D eigenvalue weighted by Gasteiger charge is -2.06. The summed E-state index contributed by atoms with van der Waals surface area (Å²) >= 11 is 0. The molecule has 2 aromatic rings. The molecular weight excluding hydrogens is 296 g/mol. The van der Waals surface area contributed by atoms with Crippen molar-refractivity contribution in [3.63, 3.8) is 0 Å². The van der Waals surface area contributed by atoms with Gasteiger partial charge >= 0.3 is 0 Å². The predicted molar refractivity (Wildman–Crippen MR) is 100 cm³/mol. The van der Waals surface area contributed by atoms with E-state index < -0.39 is 0 Å². The highest BCUT2D eigenvalue weighted by molar-refractivity contribution is 5.23. The molecule has 0 unspecified atom stereocenters. The molecule has 0 spiro atoms. The van der Waals surface area contributed by atoms with Crippen LogP contribution in [0.4, 0.5) is 0 Å². The van der Waals surface area contributed by atoms with Gasteiger partial charge in [-0.15, -0.1) is 0 Å². The Balaban J connectivity index is 1.57. The molecule has 0 bridgehead atoms. The first-order valence-electron chi connectivity index (χ1n) is 9.22. The molecule has 0 radical (unpaired) electrons. The zero-order chi connectivity index (χ0) is 17.0. The van der Waals surface area contributed by atoms with Gasteiger partial charge in [-0.3, -0.25) is 0 Å². The summed E-state index contributed by atoms with van der Waals surface area (Å²) in [6.45, 7) is 5.61. The summed E-state index contributed by atoms with van der Waals surface area (Å²) in [4.78, 5) is 10.6. The Kier molecular flexibility index (Phi) is 8.58. The Morgan fingerprint density at radius 2 is 0.792 bits per heavy atom. The van der Waals surface area contributed by atoms with Gasteiger partial charge in [-0.05, 0) is 47.9 Å². The van der Waals surface area contributed by atoms with Gasteiger partial charge in [0.25, 0.3) is 0 Å². The molecule has 0 aliphatic heterocycles.